The first-order chi connectivity index (χ1) is 15.3. The molecule has 1 saturated heterocycles. The van der Waals surface area contributed by atoms with E-state index in [9.17, 15) is 9.59 Å². The van der Waals surface area contributed by atoms with Gasteiger partial charge in [-0.3, -0.25) is 19.5 Å². The number of rotatable bonds is 8. The predicted molar refractivity (Wildman–Crippen MR) is 141 cm³/mol. The number of carbonyl (C=O) groups excluding carboxylic acids is 2. The van der Waals surface area contributed by atoms with Gasteiger partial charge in [0, 0.05) is 38.3 Å². The number of hydrogen-bond donors (Lipinski definition) is 3. The molecule has 1 aliphatic heterocycles. The Kier molecular flexibility index (Phi) is 8.21. The Morgan fingerprint density at radius 3 is 2.27 bits per heavy atom. The van der Waals surface area contributed by atoms with E-state index >= 15 is 0 Å². The summed E-state index contributed by atoms with van der Waals surface area (Å²) in [7, 11) is 1.72. The summed E-state index contributed by atoms with van der Waals surface area (Å²) in [6, 6.07) is 10.6. The molecule has 1 saturated carbocycles. The van der Waals surface area contributed by atoms with E-state index in [0.29, 0.717) is 25.6 Å². The Bertz CT molecular complexity index is 887. The lowest BCUT2D eigenvalue weighted by molar-refractivity contribution is -0.140. The fraction of sp³-hybridized carbons (Fsp3) is 0.560. The second-order valence-corrected chi connectivity index (χ2v) is 9.84. The highest BCUT2D eigenvalue weighted by Crippen LogP contribution is 2.52. The van der Waals surface area contributed by atoms with Gasteiger partial charge in [0.15, 0.2) is 5.96 Å². The minimum atomic E-state index is -0.169. The molecule has 0 radical (unpaired) electrons. The Morgan fingerprint density at radius 2 is 1.70 bits per heavy atom. The smallest absolute Gasteiger partial charge is 0.233 e. The number of nitrogens with zero attached hydrogens (tertiary/aromatic N) is 2. The Hall–Kier alpha value is -1.94. The summed E-state index contributed by atoms with van der Waals surface area (Å²) < 4.78 is 0. The van der Waals surface area contributed by atoms with Gasteiger partial charge in [-0.05, 0) is 44.6 Å². The van der Waals surface area contributed by atoms with E-state index in [1.54, 1.807) is 7.05 Å². The van der Waals surface area contributed by atoms with Crippen molar-refractivity contribution in [2.24, 2.45) is 28.7 Å². The van der Waals surface area contributed by atoms with E-state index in [-0.39, 0.29) is 71.0 Å². The van der Waals surface area contributed by atoms with Gasteiger partial charge >= 0.3 is 0 Å². The zero-order valence-corrected chi connectivity index (χ0v) is 22.2. The van der Waals surface area contributed by atoms with Crippen molar-refractivity contribution in [2.45, 2.75) is 38.8 Å². The van der Waals surface area contributed by atoms with Crippen molar-refractivity contribution < 1.29 is 9.59 Å². The maximum atomic E-state index is 12.8. The van der Waals surface area contributed by atoms with Gasteiger partial charge in [-0.15, -0.1) is 24.0 Å². The topological polar surface area (TPSA) is 85.8 Å². The van der Waals surface area contributed by atoms with Crippen LogP contribution in [0.4, 0.5) is 0 Å². The fourth-order valence-corrected chi connectivity index (χ4v) is 5.46. The number of benzene rings is 1. The molecule has 2 bridgehead atoms. The molecule has 1 aromatic carbocycles. The van der Waals surface area contributed by atoms with Crippen LogP contribution in [0, 0.1) is 23.7 Å². The minimum Gasteiger partial charge on any atom is -0.355 e. The first-order valence-electron chi connectivity index (χ1n) is 11.6. The monoisotopic (exact) mass is 565 g/mol. The summed E-state index contributed by atoms with van der Waals surface area (Å²) >= 11 is 0. The lowest BCUT2D eigenvalue weighted by atomic mass is 9.85. The van der Waals surface area contributed by atoms with Gasteiger partial charge in [-0.1, -0.05) is 42.5 Å². The van der Waals surface area contributed by atoms with Crippen LogP contribution in [0.25, 0.3) is 0 Å². The Balaban J connectivity index is 0.00000306. The molecule has 1 heterocycles. The second kappa shape index (κ2) is 10.5. The highest BCUT2D eigenvalue weighted by atomic mass is 127. The molecule has 5 unspecified atom stereocenters. The average molecular weight is 566 g/mol. The van der Waals surface area contributed by atoms with Crippen LogP contribution in [-0.4, -0.2) is 54.9 Å². The van der Waals surface area contributed by atoms with Crippen molar-refractivity contribution in [1.29, 1.82) is 0 Å². The maximum absolute atomic E-state index is 12.8. The molecule has 4 rings (SSSR count). The van der Waals surface area contributed by atoms with Crippen molar-refractivity contribution in [2.75, 3.05) is 26.7 Å². The van der Waals surface area contributed by atoms with Gasteiger partial charge in [-0.2, -0.15) is 0 Å². The molecule has 2 amide bonds. The van der Waals surface area contributed by atoms with Crippen molar-refractivity contribution in [1.82, 2.24) is 20.9 Å². The molecule has 3 N–H and O–H groups in total. The van der Waals surface area contributed by atoms with Gasteiger partial charge in [0.2, 0.25) is 11.8 Å². The summed E-state index contributed by atoms with van der Waals surface area (Å²) in [5.74, 6) is 0.905. The Morgan fingerprint density at radius 1 is 1.09 bits per heavy atom. The molecule has 180 valence electrons. The van der Waals surface area contributed by atoms with Gasteiger partial charge < -0.3 is 16.0 Å². The zero-order valence-electron chi connectivity index (χ0n) is 19.9. The second-order valence-electron chi connectivity index (χ2n) is 9.84. The van der Waals surface area contributed by atoms with Crippen LogP contribution in [0.5, 0.6) is 0 Å². The summed E-state index contributed by atoms with van der Waals surface area (Å²) in [6.07, 6.45) is 5.21. The third-order valence-electron chi connectivity index (χ3n) is 7.02. The molecule has 1 aromatic rings. The number of nitrogens with one attached hydrogen (secondary N) is 3. The highest BCUT2D eigenvalue weighted by molar-refractivity contribution is 14.0. The molecule has 33 heavy (non-hydrogen) atoms. The van der Waals surface area contributed by atoms with Crippen LogP contribution in [0.15, 0.2) is 47.5 Å². The molecule has 7 nitrogen and oxygen atoms in total. The minimum absolute atomic E-state index is 0. The number of aliphatic imine (C=N–C) groups is 1. The van der Waals surface area contributed by atoms with E-state index in [1.165, 1.54) is 10.5 Å². The summed E-state index contributed by atoms with van der Waals surface area (Å²) in [5.41, 5.74) is 1.08. The summed E-state index contributed by atoms with van der Waals surface area (Å²) in [5, 5.41) is 10.3. The van der Waals surface area contributed by atoms with E-state index in [4.69, 9.17) is 0 Å². The first kappa shape index (κ1) is 25.7. The first-order valence-corrected chi connectivity index (χ1v) is 11.6. The summed E-state index contributed by atoms with van der Waals surface area (Å²) in [4.78, 5) is 31.3. The molecule has 2 fully saturated rings. The van der Waals surface area contributed by atoms with Gasteiger partial charge in [0.1, 0.15) is 0 Å². The van der Waals surface area contributed by atoms with Crippen LogP contribution >= 0.6 is 24.0 Å². The van der Waals surface area contributed by atoms with Crippen molar-refractivity contribution in [3.05, 3.63) is 48.0 Å². The molecular formula is C25H36IN5O2. The van der Waals surface area contributed by atoms with E-state index in [1.807, 2.05) is 6.07 Å². The van der Waals surface area contributed by atoms with Crippen LogP contribution in [0.2, 0.25) is 0 Å². The molecule has 3 aliphatic rings. The SMILES string of the molecule is CN=C(NCCN1C(=O)C2C3C=CC(C3)C2C1=O)NCC(C)(C)NC(C)c1ccccc1.I. The number of guanidine groups is 1. The number of fused-ring (bicyclic) bond motifs is 5. The molecule has 0 spiro atoms. The van der Waals surface area contributed by atoms with Gasteiger partial charge in [0.05, 0.1) is 11.8 Å². The number of amides is 2. The molecule has 2 aliphatic carbocycles. The largest absolute Gasteiger partial charge is 0.355 e. The third kappa shape index (κ3) is 5.42. The third-order valence-corrected chi connectivity index (χ3v) is 7.02. The molecule has 0 aromatic heterocycles. The van der Waals surface area contributed by atoms with E-state index in [0.717, 1.165) is 6.42 Å². The lowest BCUT2D eigenvalue weighted by Gasteiger charge is -2.31. The van der Waals surface area contributed by atoms with Gasteiger partial charge in [0.25, 0.3) is 0 Å². The maximum Gasteiger partial charge on any atom is 0.233 e. The zero-order chi connectivity index (χ0) is 22.9. The fourth-order valence-electron chi connectivity index (χ4n) is 5.46. The average Bonchev–Trinajstić information content (AvgIpc) is 3.46. The normalized spacial score (nSPS) is 26.9. The van der Waals surface area contributed by atoms with Gasteiger partial charge in [-0.25, -0.2) is 0 Å². The number of hydrogen-bond acceptors (Lipinski definition) is 4. The molecule has 5 atom stereocenters. The quantitative estimate of drug-likeness (QED) is 0.149. The standard InChI is InChI=1S/C25H35N5O2.HI/c1-16(17-8-6-5-7-9-17)29-25(2,3)15-28-24(26-4)27-12-13-30-22(31)20-18-10-11-19(14-18)21(20)23(30)32;/h5-11,16,18-21,29H,12-15H2,1-4H3,(H2,26,27,28);1H. The van der Waals surface area contributed by atoms with Crippen LogP contribution in [0.1, 0.15) is 38.8 Å². The van der Waals surface area contributed by atoms with Crippen molar-refractivity contribution in [3.8, 4) is 0 Å². The van der Waals surface area contributed by atoms with Crippen molar-refractivity contribution in [3.63, 3.8) is 0 Å². The highest BCUT2D eigenvalue weighted by Gasteiger charge is 2.58. The number of imide groups is 1. The number of carbonyl (C=O) groups is 2. The van der Waals surface area contributed by atoms with Crippen LogP contribution < -0.4 is 16.0 Å². The lowest BCUT2D eigenvalue weighted by Crippen LogP contribution is -2.52. The molecule has 8 heteroatoms. The summed E-state index contributed by atoms with van der Waals surface area (Å²) in [6.45, 7) is 7.98. The number of allylic oxidation sites excluding steroid dienone is 2. The number of halogens is 1. The van der Waals surface area contributed by atoms with Crippen molar-refractivity contribution >= 4 is 41.8 Å². The van der Waals surface area contributed by atoms with Crippen LogP contribution in [0.3, 0.4) is 0 Å². The Labute approximate surface area is 213 Å². The molecular weight excluding hydrogens is 529 g/mol. The van der Waals surface area contributed by atoms with E-state index < -0.39 is 0 Å². The van der Waals surface area contributed by atoms with E-state index in [2.05, 4.69) is 78.1 Å². The predicted octanol–water partition coefficient (Wildman–Crippen LogP) is 2.71. The van der Waals surface area contributed by atoms with Crippen LogP contribution in [-0.2, 0) is 9.59 Å². The number of likely N-dealkylation sites (tertiary alicyclic amines) is 1.